The fraction of sp³-hybridized carbons (Fsp3) is 0.357. The second-order valence-electron chi connectivity index (χ2n) is 4.14. The SMILES string of the molecule is CN(CCC(F)(F)F)C(=O)c1ccccc1C#CCN. The summed E-state index contributed by atoms with van der Waals surface area (Å²) < 4.78 is 36.5. The summed E-state index contributed by atoms with van der Waals surface area (Å²) >= 11 is 0. The molecule has 0 aliphatic heterocycles. The lowest BCUT2D eigenvalue weighted by Crippen LogP contribution is -2.31. The van der Waals surface area contributed by atoms with Gasteiger partial charge < -0.3 is 10.6 Å². The minimum Gasteiger partial charge on any atom is -0.341 e. The second-order valence-corrected chi connectivity index (χ2v) is 4.14. The minimum absolute atomic E-state index is 0.145. The van der Waals surface area contributed by atoms with E-state index in [0.29, 0.717) is 5.56 Å². The van der Waals surface area contributed by atoms with Gasteiger partial charge in [0.2, 0.25) is 0 Å². The smallest absolute Gasteiger partial charge is 0.341 e. The normalized spacial score (nSPS) is 10.7. The van der Waals surface area contributed by atoms with E-state index >= 15 is 0 Å². The van der Waals surface area contributed by atoms with Gasteiger partial charge in [-0.25, -0.2) is 0 Å². The number of benzene rings is 1. The van der Waals surface area contributed by atoms with Gasteiger partial charge in [0.15, 0.2) is 0 Å². The van der Waals surface area contributed by atoms with Crippen LogP contribution >= 0.6 is 0 Å². The third-order valence-electron chi connectivity index (χ3n) is 2.56. The van der Waals surface area contributed by atoms with Gasteiger partial charge in [-0.15, -0.1) is 0 Å². The predicted molar refractivity (Wildman–Crippen MR) is 70.0 cm³/mol. The first-order chi connectivity index (χ1) is 9.35. The number of rotatable bonds is 3. The van der Waals surface area contributed by atoms with Gasteiger partial charge in [-0.2, -0.15) is 13.2 Å². The zero-order chi connectivity index (χ0) is 15.2. The maximum atomic E-state index is 12.2. The van der Waals surface area contributed by atoms with E-state index in [4.69, 9.17) is 5.73 Å². The highest BCUT2D eigenvalue weighted by molar-refractivity contribution is 5.96. The van der Waals surface area contributed by atoms with Gasteiger partial charge in [-0.1, -0.05) is 24.0 Å². The van der Waals surface area contributed by atoms with Gasteiger partial charge in [0.1, 0.15) is 0 Å². The van der Waals surface area contributed by atoms with Crippen LogP contribution in [-0.4, -0.2) is 37.1 Å². The predicted octanol–water partition coefficient (Wildman–Crippen LogP) is 2.02. The summed E-state index contributed by atoms with van der Waals surface area (Å²) in [7, 11) is 1.33. The van der Waals surface area contributed by atoms with Gasteiger partial charge in [0.05, 0.1) is 18.5 Å². The van der Waals surface area contributed by atoms with Crippen molar-refractivity contribution < 1.29 is 18.0 Å². The summed E-state index contributed by atoms with van der Waals surface area (Å²) in [5.41, 5.74) is 6.00. The molecule has 1 aromatic rings. The van der Waals surface area contributed by atoms with Crippen LogP contribution < -0.4 is 5.73 Å². The standard InChI is InChI=1S/C14H15F3N2O/c1-19(10-8-14(15,16)17)13(20)12-7-3-2-5-11(12)6-4-9-18/h2-3,5,7H,8-10,18H2,1H3. The summed E-state index contributed by atoms with van der Waals surface area (Å²) in [6, 6.07) is 6.51. The van der Waals surface area contributed by atoms with E-state index in [1.807, 2.05) is 0 Å². The molecule has 0 radical (unpaired) electrons. The average molecular weight is 284 g/mol. The van der Waals surface area contributed by atoms with E-state index in [1.54, 1.807) is 18.2 Å². The Balaban J connectivity index is 2.86. The number of hydrogen-bond acceptors (Lipinski definition) is 2. The number of amides is 1. The fourth-order valence-electron chi connectivity index (χ4n) is 1.53. The van der Waals surface area contributed by atoms with E-state index in [-0.39, 0.29) is 18.7 Å². The first-order valence-electron chi connectivity index (χ1n) is 5.95. The van der Waals surface area contributed by atoms with E-state index < -0.39 is 18.5 Å². The van der Waals surface area contributed by atoms with Crippen molar-refractivity contribution in [2.75, 3.05) is 20.1 Å². The average Bonchev–Trinajstić information content (AvgIpc) is 2.41. The van der Waals surface area contributed by atoms with Crippen LogP contribution in [0.3, 0.4) is 0 Å². The first-order valence-corrected chi connectivity index (χ1v) is 5.95. The van der Waals surface area contributed by atoms with Crippen LogP contribution in [0.15, 0.2) is 24.3 Å². The highest BCUT2D eigenvalue weighted by Crippen LogP contribution is 2.20. The van der Waals surface area contributed by atoms with E-state index in [0.717, 1.165) is 4.90 Å². The van der Waals surface area contributed by atoms with E-state index in [9.17, 15) is 18.0 Å². The Morgan fingerprint density at radius 2 is 2.00 bits per heavy atom. The van der Waals surface area contributed by atoms with Crippen molar-refractivity contribution in [3.63, 3.8) is 0 Å². The highest BCUT2D eigenvalue weighted by Gasteiger charge is 2.28. The Kier molecular flexibility index (Phi) is 5.59. The maximum absolute atomic E-state index is 12.2. The lowest BCUT2D eigenvalue weighted by Gasteiger charge is -2.18. The Morgan fingerprint density at radius 3 is 2.60 bits per heavy atom. The summed E-state index contributed by atoms with van der Waals surface area (Å²) in [6.45, 7) is -0.243. The minimum atomic E-state index is -4.28. The zero-order valence-electron chi connectivity index (χ0n) is 11.0. The van der Waals surface area contributed by atoms with Crippen molar-refractivity contribution in [1.29, 1.82) is 0 Å². The van der Waals surface area contributed by atoms with Gasteiger partial charge in [-0.3, -0.25) is 4.79 Å². The molecule has 0 aliphatic rings. The maximum Gasteiger partial charge on any atom is 0.390 e. The van der Waals surface area contributed by atoms with Crippen LogP contribution in [0.2, 0.25) is 0 Å². The van der Waals surface area contributed by atoms with Crippen molar-refractivity contribution in [2.24, 2.45) is 5.73 Å². The Morgan fingerprint density at radius 1 is 1.35 bits per heavy atom. The molecule has 2 N–H and O–H groups in total. The summed E-state index contributed by atoms with van der Waals surface area (Å²) in [5, 5.41) is 0. The van der Waals surface area contributed by atoms with Crippen molar-refractivity contribution in [3.8, 4) is 11.8 Å². The van der Waals surface area contributed by atoms with Gasteiger partial charge in [0.25, 0.3) is 5.91 Å². The number of carbonyl (C=O) groups excluding carboxylic acids is 1. The molecule has 1 amide bonds. The molecule has 0 heterocycles. The molecule has 3 nitrogen and oxygen atoms in total. The van der Waals surface area contributed by atoms with Crippen LogP contribution in [0.4, 0.5) is 13.2 Å². The lowest BCUT2D eigenvalue weighted by molar-refractivity contribution is -0.136. The largest absolute Gasteiger partial charge is 0.390 e. The Hall–Kier alpha value is -2.00. The second kappa shape index (κ2) is 6.96. The quantitative estimate of drug-likeness (QED) is 0.863. The topological polar surface area (TPSA) is 46.3 Å². The number of nitrogens with zero attached hydrogens (tertiary/aromatic N) is 1. The van der Waals surface area contributed by atoms with Crippen LogP contribution in [-0.2, 0) is 0 Å². The van der Waals surface area contributed by atoms with Crippen molar-refractivity contribution in [2.45, 2.75) is 12.6 Å². The molecule has 0 saturated carbocycles. The number of nitrogens with two attached hydrogens (primary N) is 1. The van der Waals surface area contributed by atoms with Crippen molar-refractivity contribution in [1.82, 2.24) is 4.90 Å². The van der Waals surface area contributed by atoms with Gasteiger partial charge >= 0.3 is 6.18 Å². The van der Waals surface area contributed by atoms with Crippen molar-refractivity contribution in [3.05, 3.63) is 35.4 Å². The Labute approximate surface area is 115 Å². The molecule has 0 saturated heterocycles. The molecule has 0 fully saturated rings. The molecule has 0 aliphatic carbocycles. The lowest BCUT2D eigenvalue weighted by atomic mass is 10.1. The molecule has 0 atom stereocenters. The summed E-state index contributed by atoms with van der Waals surface area (Å²) in [5.74, 6) is 4.87. The fourth-order valence-corrected chi connectivity index (χ4v) is 1.53. The van der Waals surface area contributed by atoms with E-state index in [2.05, 4.69) is 11.8 Å². The van der Waals surface area contributed by atoms with Crippen LogP contribution in [0, 0.1) is 11.8 Å². The molecule has 1 rings (SSSR count). The van der Waals surface area contributed by atoms with Crippen LogP contribution in [0.1, 0.15) is 22.3 Å². The summed E-state index contributed by atoms with van der Waals surface area (Å²) in [4.78, 5) is 13.1. The van der Waals surface area contributed by atoms with Gasteiger partial charge in [0, 0.05) is 19.2 Å². The number of carbonyl (C=O) groups is 1. The molecule has 20 heavy (non-hydrogen) atoms. The zero-order valence-corrected chi connectivity index (χ0v) is 11.0. The third-order valence-corrected chi connectivity index (χ3v) is 2.56. The molecular weight excluding hydrogens is 269 g/mol. The molecule has 1 aromatic carbocycles. The summed E-state index contributed by atoms with van der Waals surface area (Å²) in [6.07, 6.45) is -5.32. The van der Waals surface area contributed by atoms with Crippen LogP contribution in [0.5, 0.6) is 0 Å². The molecule has 108 valence electrons. The molecule has 0 aromatic heterocycles. The van der Waals surface area contributed by atoms with Crippen molar-refractivity contribution >= 4 is 5.91 Å². The number of hydrogen-bond donors (Lipinski definition) is 1. The molecule has 6 heteroatoms. The molecular formula is C14H15F3N2O. The third kappa shape index (κ3) is 4.94. The number of halogens is 3. The van der Waals surface area contributed by atoms with E-state index in [1.165, 1.54) is 13.1 Å². The molecule has 0 bridgehead atoms. The highest BCUT2D eigenvalue weighted by atomic mass is 19.4. The van der Waals surface area contributed by atoms with Gasteiger partial charge in [-0.05, 0) is 12.1 Å². The molecule has 0 unspecified atom stereocenters. The number of alkyl halides is 3. The van der Waals surface area contributed by atoms with Crippen LogP contribution in [0.25, 0.3) is 0 Å². The Bertz CT molecular complexity index is 529. The molecule has 0 spiro atoms. The monoisotopic (exact) mass is 284 g/mol. The first kappa shape index (κ1) is 16.1.